The molecule has 2 unspecified atom stereocenters. The van der Waals surface area contributed by atoms with Crippen LogP contribution < -0.4 is 5.32 Å². The Kier molecular flexibility index (Phi) is 4.35. The predicted octanol–water partition coefficient (Wildman–Crippen LogP) is 2.27. The minimum Gasteiger partial charge on any atom is -0.380 e. The second-order valence-electron chi connectivity index (χ2n) is 7.33. The van der Waals surface area contributed by atoms with Crippen LogP contribution in [0.3, 0.4) is 0 Å². The van der Waals surface area contributed by atoms with E-state index in [0.717, 1.165) is 26.3 Å². The van der Waals surface area contributed by atoms with Gasteiger partial charge in [0.2, 0.25) is 0 Å². The van der Waals surface area contributed by atoms with Crippen LogP contribution in [0.5, 0.6) is 0 Å². The van der Waals surface area contributed by atoms with Crippen LogP contribution in [0.2, 0.25) is 0 Å². The Bertz CT molecular complexity index is 266. The molecule has 2 rings (SSSR count). The molecule has 0 aromatic rings. The van der Waals surface area contributed by atoms with Gasteiger partial charge in [0.05, 0.1) is 6.61 Å². The van der Waals surface area contributed by atoms with Crippen molar-refractivity contribution in [3.8, 4) is 0 Å². The maximum atomic E-state index is 5.74. The molecule has 2 heterocycles. The molecule has 0 aromatic carbocycles. The fourth-order valence-corrected chi connectivity index (χ4v) is 3.16. The molecule has 0 amide bonds. The predicted molar refractivity (Wildman–Crippen MR) is 75.9 cm³/mol. The van der Waals surface area contributed by atoms with Gasteiger partial charge < -0.3 is 10.1 Å². The largest absolute Gasteiger partial charge is 0.380 e. The minimum atomic E-state index is 0.258. The summed E-state index contributed by atoms with van der Waals surface area (Å²) in [5.74, 6) is 0. The first kappa shape index (κ1) is 14.3. The molecule has 18 heavy (non-hydrogen) atoms. The summed E-state index contributed by atoms with van der Waals surface area (Å²) >= 11 is 0. The number of nitrogens with zero attached hydrogens (tertiary/aromatic N) is 1. The molecule has 3 nitrogen and oxygen atoms in total. The summed E-state index contributed by atoms with van der Waals surface area (Å²) in [6, 6.07) is 0.582. The first-order chi connectivity index (χ1) is 8.42. The highest BCUT2D eigenvalue weighted by Crippen LogP contribution is 2.30. The summed E-state index contributed by atoms with van der Waals surface area (Å²) in [4.78, 5) is 2.68. The van der Waals surface area contributed by atoms with Gasteiger partial charge in [-0.3, -0.25) is 4.90 Å². The smallest absolute Gasteiger partial charge is 0.0647 e. The Balaban J connectivity index is 2.06. The van der Waals surface area contributed by atoms with E-state index in [9.17, 15) is 0 Å². The third-order valence-electron chi connectivity index (χ3n) is 4.62. The number of nitrogens with one attached hydrogen (secondary N) is 1. The van der Waals surface area contributed by atoms with E-state index in [1.807, 2.05) is 0 Å². The third-order valence-corrected chi connectivity index (χ3v) is 4.62. The van der Waals surface area contributed by atoms with Crippen molar-refractivity contribution in [3.05, 3.63) is 0 Å². The number of rotatable bonds is 1. The van der Waals surface area contributed by atoms with Gasteiger partial charge in [0, 0.05) is 31.3 Å². The number of hydrogen-bond donors (Lipinski definition) is 1. The lowest BCUT2D eigenvalue weighted by molar-refractivity contribution is -0.0437. The molecule has 2 aliphatic rings. The van der Waals surface area contributed by atoms with Crippen molar-refractivity contribution in [1.82, 2.24) is 10.2 Å². The van der Waals surface area contributed by atoms with Gasteiger partial charge in [0.25, 0.3) is 0 Å². The van der Waals surface area contributed by atoms with Gasteiger partial charge in [0.15, 0.2) is 0 Å². The van der Waals surface area contributed by atoms with Crippen molar-refractivity contribution in [1.29, 1.82) is 0 Å². The quantitative estimate of drug-likeness (QED) is 0.777. The standard InChI is InChI=1S/C15H30N2O/c1-14(2,3)13-11-17(9-6-8-16-13)15(4)7-5-10-18-12-15/h13,16H,5-12H2,1-4H3. The first-order valence-corrected chi connectivity index (χ1v) is 7.48. The highest BCUT2D eigenvalue weighted by atomic mass is 16.5. The average molecular weight is 254 g/mol. The molecule has 2 atom stereocenters. The number of ether oxygens (including phenoxy) is 1. The zero-order chi connectivity index (χ0) is 13.2. The molecule has 0 aromatic heterocycles. The van der Waals surface area contributed by atoms with E-state index in [4.69, 9.17) is 4.74 Å². The molecule has 3 heteroatoms. The fourth-order valence-electron chi connectivity index (χ4n) is 3.16. The van der Waals surface area contributed by atoms with Crippen LogP contribution in [-0.2, 0) is 4.74 Å². The van der Waals surface area contributed by atoms with Gasteiger partial charge in [-0.25, -0.2) is 0 Å². The molecule has 2 aliphatic heterocycles. The van der Waals surface area contributed by atoms with Crippen molar-refractivity contribution in [2.45, 2.75) is 58.5 Å². The van der Waals surface area contributed by atoms with E-state index in [2.05, 4.69) is 37.9 Å². The topological polar surface area (TPSA) is 24.5 Å². The lowest BCUT2D eigenvalue weighted by atomic mass is 9.85. The van der Waals surface area contributed by atoms with Gasteiger partial charge in [-0.1, -0.05) is 20.8 Å². The van der Waals surface area contributed by atoms with Gasteiger partial charge in [-0.05, 0) is 38.1 Å². The molecule has 2 saturated heterocycles. The molecule has 0 bridgehead atoms. The number of hydrogen-bond acceptors (Lipinski definition) is 3. The molecule has 0 saturated carbocycles. The second kappa shape index (κ2) is 5.48. The van der Waals surface area contributed by atoms with Crippen molar-refractivity contribution in [2.24, 2.45) is 5.41 Å². The van der Waals surface area contributed by atoms with Crippen LogP contribution in [-0.4, -0.2) is 49.3 Å². The molecule has 2 fully saturated rings. The van der Waals surface area contributed by atoms with Gasteiger partial charge in [-0.15, -0.1) is 0 Å². The highest BCUT2D eigenvalue weighted by Gasteiger charge is 2.38. The SMILES string of the molecule is CC(C)(C)C1CN(C2(C)CCCOC2)CCCN1. The van der Waals surface area contributed by atoms with Crippen LogP contribution in [0, 0.1) is 5.41 Å². The molecular weight excluding hydrogens is 224 g/mol. The second-order valence-corrected chi connectivity index (χ2v) is 7.33. The fraction of sp³-hybridized carbons (Fsp3) is 1.00. The highest BCUT2D eigenvalue weighted by molar-refractivity contribution is 4.94. The normalized spacial score (nSPS) is 36.3. The Morgan fingerprint density at radius 1 is 1.28 bits per heavy atom. The molecule has 0 radical (unpaired) electrons. The van der Waals surface area contributed by atoms with Crippen molar-refractivity contribution in [3.63, 3.8) is 0 Å². The molecule has 0 aliphatic carbocycles. The molecule has 0 spiro atoms. The van der Waals surface area contributed by atoms with E-state index in [1.54, 1.807) is 0 Å². The monoisotopic (exact) mass is 254 g/mol. The summed E-state index contributed by atoms with van der Waals surface area (Å²) in [6.45, 7) is 14.8. The van der Waals surface area contributed by atoms with Crippen LogP contribution >= 0.6 is 0 Å². The van der Waals surface area contributed by atoms with Crippen LogP contribution in [0.15, 0.2) is 0 Å². The van der Waals surface area contributed by atoms with E-state index in [-0.39, 0.29) is 5.54 Å². The first-order valence-electron chi connectivity index (χ1n) is 7.48. The lowest BCUT2D eigenvalue weighted by Gasteiger charge is -2.45. The maximum absolute atomic E-state index is 5.74. The van der Waals surface area contributed by atoms with E-state index < -0.39 is 0 Å². The van der Waals surface area contributed by atoms with Crippen LogP contribution in [0.1, 0.15) is 47.0 Å². The third kappa shape index (κ3) is 3.25. The Morgan fingerprint density at radius 3 is 2.67 bits per heavy atom. The molecule has 1 N–H and O–H groups in total. The molecule has 106 valence electrons. The summed E-state index contributed by atoms with van der Waals surface area (Å²) < 4.78 is 5.74. The van der Waals surface area contributed by atoms with E-state index in [1.165, 1.54) is 25.8 Å². The average Bonchev–Trinajstić information content (AvgIpc) is 2.55. The molecular formula is C15H30N2O. The zero-order valence-electron chi connectivity index (χ0n) is 12.6. The maximum Gasteiger partial charge on any atom is 0.0647 e. The van der Waals surface area contributed by atoms with Crippen molar-refractivity contribution in [2.75, 3.05) is 32.8 Å². The van der Waals surface area contributed by atoms with Gasteiger partial charge >= 0.3 is 0 Å². The lowest BCUT2D eigenvalue weighted by Crippen LogP contribution is -2.56. The summed E-state index contributed by atoms with van der Waals surface area (Å²) in [6.07, 6.45) is 3.74. The summed E-state index contributed by atoms with van der Waals surface area (Å²) in [5.41, 5.74) is 0.586. The van der Waals surface area contributed by atoms with E-state index in [0.29, 0.717) is 11.5 Å². The van der Waals surface area contributed by atoms with E-state index >= 15 is 0 Å². The van der Waals surface area contributed by atoms with Crippen LogP contribution in [0.4, 0.5) is 0 Å². The van der Waals surface area contributed by atoms with Gasteiger partial charge in [0.1, 0.15) is 0 Å². The van der Waals surface area contributed by atoms with Crippen molar-refractivity contribution < 1.29 is 4.74 Å². The van der Waals surface area contributed by atoms with Gasteiger partial charge in [-0.2, -0.15) is 0 Å². The Hall–Kier alpha value is -0.120. The van der Waals surface area contributed by atoms with Crippen LogP contribution in [0.25, 0.3) is 0 Å². The zero-order valence-corrected chi connectivity index (χ0v) is 12.6. The Labute approximate surface area is 112 Å². The minimum absolute atomic E-state index is 0.258. The summed E-state index contributed by atoms with van der Waals surface area (Å²) in [5, 5.41) is 3.73. The summed E-state index contributed by atoms with van der Waals surface area (Å²) in [7, 11) is 0. The Morgan fingerprint density at radius 2 is 2.06 bits per heavy atom. The van der Waals surface area contributed by atoms with Crippen molar-refractivity contribution >= 4 is 0 Å².